The van der Waals surface area contributed by atoms with Crippen LogP contribution in [0.4, 0.5) is 5.69 Å². The van der Waals surface area contributed by atoms with Crippen LogP contribution in [0.3, 0.4) is 0 Å². The molecule has 10 heteroatoms. The Balaban J connectivity index is 1.74. The average Bonchev–Trinajstić information content (AvgIpc) is 3.26. The van der Waals surface area contributed by atoms with Crippen LogP contribution >= 0.6 is 0 Å². The number of methoxy groups -OCH3 is 4. The van der Waals surface area contributed by atoms with Gasteiger partial charge in [0.2, 0.25) is 23.0 Å². The van der Waals surface area contributed by atoms with E-state index in [1.54, 1.807) is 34.3 Å². The number of anilines is 1. The van der Waals surface area contributed by atoms with E-state index in [0.29, 0.717) is 41.2 Å². The number of carbonyl (C=O) groups is 2. The summed E-state index contributed by atoms with van der Waals surface area (Å²) in [6.45, 7) is 7.24. The topological polar surface area (TPSA) is 124 Å². The number of hydrogen-bond acceptors (Lipinski definition) is 8. The van der Waals surface area contributed by atoms with E-state index in [-0.39, 0.29) is 34.9 Å². The Hall–Kier alpha value is -4.73. The van der Waals surface area contributed by atoms with Crippen molar-refractivity contribution in [3.05, 3.63) is 75.4 Å². The molecule has 1 aliphatic rings. The van der Waals surface area contributed by atoms with Gasteiger partial charge in [-0.1, -0.05) is 32.0 Å². The van der Waals surface area contributed by atoms with Crippen LogP contribution in [0.15, 0.2) is 53.3 Å². The first kappa shape index (κ1) is 33.2. The third-order valence-electron chi connectivity index (χ3n) is 8.12. The Morgan fingerprint density at radius 3 is 2.13 bits per heavy atom. The van der Waals surface area contributed by atoms with Crippen molar-refractivity contribution >= 4 is 17.5 Å². The highest BCUT2D eigenvalue weighted by atomic mass is 16.5. The van der Waals surface area contributed by atoms with E-state index in [2.05, 4.69) is 16.0 Å². The summed E-state index contributed by atoms with van der Waals surface area (Å²) in [5.74, 6) is 1.81. The van der Waals surface area contributed by atoms with E-state index in [0.717, 1.165) is 22.4 Å². The fraction of sp³-hybridized carbons (Fsp3) is 0.400. The summed E-state index contributed by atoms with van der Waals surface area (Å²) >= 11 is 0. The predicted octanol–water partition coefficient (Wildman–Crippen LogP) is 5.19. The number of ether oxygens (including phenoxy) is 4. The molecule has 0 aliphatic heterocycles. The van der Waals surface area contributed by atoms with Gasteiger partial charge in [-0.2, -0.15) is 0 Å². The zero-order valence-corrected chi connectivity index (χ0v) is 27.2. The van der Waals surface area contributed by atoms with Crippen molar-refractivity contribution in [2.45, 2.75) is 58.7 Å². The normalized spacial score (nSPS) is 15.0. The third-order valence-corrected chi connectivity index (χ3v) is 8.12. The molecule has 0 saturated carbocycles. The molecule has 0 fully saturated rings. The van der Waals surface area contributed by atoms with Crippen molar-refractivity contribution in [3.63, 3.8) is 0 Å². The number of benzene rings is 2. The van der Waals surface area contributed by atoms with E-state index in [4.69, 9.17) is 18.9 Å². The van der Waals surface area contributed by atoms with Gasteiger partial charge in [-0.25, -0.2) is 0 Å². The number of amides is 2. The van der Waals surface area contributed by atoms with Gasteiger partial charge in [0.25, 0.3) is 0 Å². The van der Waals surface area contributed by atoms with Crippen LogP contribution in [0.25, 0.3) is 11.1 Å². The van der Waals surface area contributed by atoms with E-state index in [1.807, 2.05) is 50.2 Å². The van der Waals surface area contributed by atoms with E-state index in [1.165, 1.54) is 20.1 Å². The zero-order chi connectivity index (χ0) is 32.8. The molecule has 0 bridgehead atoms. The Morgan fingerprint density at radius 1 is 0.867 bits per heavy atom. The van der Waals surface area contributed by atoms with Crippen molar-refractivity contribution < 1.29 is 28.5 Å². The lowest BCUT2D eigenvalue weighted by Crippen LogP contribution is -2.41. The van der Waals surface area contributed by atoms with Crippen LogP contribution in [0.2, 0.25) is 0 Å². The predicted molar refractivity (Wildman–Crippen MR) is 174 cm³/mol. The average molecular weight is 618 g/mol. The molecule has 0 heterocycles. The maximum Gasteiger partial charge on any atom is 0.242 e. The third kappa shape index (κ3) is 7.16. The minimum Gasteiger partial charge on any atom is -0.497 e. The molecule has 3 atom stereocenters. The van der Waals surface area contributed by atoms with Gasteiger partial charge in [0.1, 0.15) is 11.8 Å². The minimum atomic E-state index is -0.725. The van der Waals surface area contributed by atoms with Gasteiger partial charge in [-0.05, 0) is 78.3 Å². The molecule has 3 aromatic carbocycles. The fourth-order valence-electron chi connectivity index (χ4n) is 5.85. The molecule has 1 aliphatic carbocycles. The molecular formula is C35H43N3O7. The first-order valence-electron chi connectivity index (χ1n) is 15.0. The molecule has 240 valence electrons. The van der Waals surface area contributed by atoms with E-state index < -0.39 is 12.1 Å². The van der Waals surface area contributed by atoms with Crippen molar-refractivity contribution in [3.8, 4) is 34.1 Å². The lowest BCUT2D eigenvalue weighted by atomic mass is 9.95. The summed E-state index contributed by atoms with van der Waals surface area (Å²) in [4.78, 5) is 39.3. The monoisotopic (exact) mass is 617 g/mol. The lowest BCUT2D eigenvalue weighted by molar-refractivity contribution is -0.122. The largest absolute Gasteiger partial charge is 0.497 e. The molecule has 45 heavy (non-hydrogen) atoms. The van der Waals surface area contributed by atoms with Crippen LogP contribution in [-0.4, -0.2) is 46.3 Å². The molecule has 0 aromatic heterocycles. The lowest BCUT2D eigenvalue weighted by Gasteiger charge is -2.25. The van der Waals surface area contributed by atoms with Gasteiger partial charge in [0, 0.05) is 12.5 Å². The maximum absolute atomic E-state index is 13.7. The number of carbonyl (C=O) groups excluding carboxylic acids is 2. The van der Waals surface area contributed by atoms with E-state index >= 15 is 0 Å². The first-order chi connectivity index (χ1) is 21.5. The molecule has 3 aromatic rings. The molecular weight excluding hydrogens is 574 g/mol. The standard InChI is InChI=1S/C35H43N3O7/c1-19(2)32(22-9-12-24(42-5)13-10-22)38-35(41)20(3)36-28-16-14-25-26(18-29(28)40)27(37-21(4)39)15-11-23-17-30(43-6)33(44-7)34(45-8)31(23)25/h9-10,12-14,16-20,27,32H,11,15H2,1-8H3,(H,36,40)(H,37,39)(H,38,41)/t20-,27-,32?/m0/s1. The highest BCUT2D eigenvalue weighted by molar-refractivity contribution is 5.86. The summed E-state index contributed by atoms with van der Waals surface area (Å²) in [6, 6.07) is 13.1. The van der Waals surface area contributed by atoms with Gasteiger partial charge >= 0.3 is 0 Å². The highest BCUT2D eigenvalue weighted by Gasteiger charge is 2.30. The first-order valence-corrected chi connectivity index (χ1v) is 15.0. The second-order valence-corrected chi connectivity index (χ2v) is 11.5. The van der Waals surface area contributed by atoms with Gasteiger partial charge in [0.05, 0.1) is 46.2 Å². The molecule has 0 radical (unpaired) electrons. The SMILES string of the molecule is COc1ccc(C(NC(=O)[C@H](C)Nc2ccc3c(cc2=O)[C@@H](NC(C)=O)CCc2cc(OC)c(OC)c(OC)c2-3)C(C)C)cc1. The Labute approximate surface area is 264 Å². The summed E-state index contributed by atoms with van der Waals surface area (Å²) in [6.07, 6.45) is 1.14. The smallest absolute Gasteiger partial charge is 0.242 e. The van der Waals surface area contributed by atoms with Crippen LogP contribution in [-0.2, 0) is 16.0 Å². The Bertz CT molecular complexity index is 1600. The quantitative estimate of drug-likeness (QED) is 0.269. The summed E-state index contributed by atoms with van der Waals surface area (Å²) in [7, 11) is 6.27. The maximum atomic E-state index is 13.7. The number of rotatable bonds is 11. The zero-order valence-electron chi connectivity index (χ0n) is 27.2. The van der Waals surface area contributed by atoms with E-state index in [9.17, 15) is 14.4 Å². The summed E-state index contributed by atoms with van der Waals surface area (Å²) in [5.41, 5.74) is 3.92. The summed E-state index contributed by atoms with van der Waals surface area (Å²) < 4.78 is 22.4. The molecule has 3 N–H and O–H groups in total. The van der Waals surface area contributed by atoms with Gasteiger partial charge in [-0.3, -0.25) is 14.4 Å². The second kappa shape index (κ2) is 14.4. The Morgan fingerprint density at radius 2 is 1.56 bits per heavy atom. The number of nitrogens with one attached hydrogen (secondary N) is 3. The van der Waals surface area contributed by atoms with Crippen LogP contribution in [0, 0.1) is 5.92 Å². The van der Waals surface area contributed by atoms with Crippen molar-refractivity contribution in [2.75, 3.05) is 33.8 Å². The van der Waals surface area contributed by atoms with Gasteiger partial charge in [-0.15, -0.1) is 0 Å². The van der Waals surface area contributed by atoms with Gasteiger partial charge < -0.3 is 34.9 Å². The molecule has 2 amide bonds. The minimum absolute atomic E-state index is 0.117. The fourth-order valence-corrected chi connectivity index (χ4v) is 5.85. The Kier molecular flexibility index (Phi) is 10.6. The number of aryl methyl sites for hydroxylation is 1. The van der Waals surface area contributed by atoms with Crippen molar-refractivity contribution in [1.82, 2.24) is 10.6 Å². The van der Waals surface area contributed by atoms with Crippen LogP contribution in [0.5, 0.6) is 23.0 Å². The highest BCUT2D eigenvalue weighted by Crippen LogP contribution is 2.50. The van der Waals surface area contributed by atoms with Crippen molar-refractivity contribution in [2.24, 2.45) is 5.92 Å². The molecule has 0 saturated heterocycles. The molecule has 4 rings (SSSR count). The number of fused-ring (bicyclic) bond motifs is 3. The van der Waals surface area contributed by atoms with Crippen LogP contribution in [0.1, 0.15) is 62.9 Å². The van der Waals surface area contributed by atoms with Crippen molar-refractivity contribution in [1.29, 1.82) is 0 Å². The summed E-state index contributed by atoms with van der Waals surface area (Å²) in [5, 5.41) is 9.26. The molecule has 1 unspecified atom stereocenters. The molecule has 0 spiro atoms. The number of hydrogen-bond donors (Lipinski definition) is 3. The molecule has 10 nitrogen and oxygen atoms in total. The second-order valence-electron chi connectivity index (χ2n) is 11.5. The van der Waals surface area contributed by atoms with Crippen LogP contribution < -0.4 is 40.3 Å². The van der Waals surface area contributed by atoms with Gasteiger partial charge in [0.15, 0.2) is 11.5 Å².